The van der Waals surface area contributed by atoms with Crippen molar-refractivity contribution in [2.45, 2.75) is 25.1 Å². The Morgan fingerprint density at radius 3 is 2.00 bits per heavy atom. The number of alkyl halides is 3. The van der Waals surface area contributed by atoms with Crippen LogP contribution in [0.4, 0.5) is 13.2 Å². The molecule has 1 saturated carbocycles. The molecular formula is C22H16F3N3O2. The summed E-state index contributed by atoms with van der Waals surface area (Å²) in [5.41, 5.74) is 0.0542. The maximum atomic E-state index is 13.2. The third-order valence-electron chi connectivity index (χ3n) is 4.72. The van der Waals surface area contributed by atoms with Crippen LogP contribution in [-0.2, 0) is 6.18 Å². The van der Waals surface area contributed by atoms with E-state index in [4.69, 9.17) is 0 Å². The van der Waals surface area contributed by atoms with Gasteiger partial charge in [-0.1, -0.05) is 30.3 Å². The van der Waals surface area contributed by atoms with Crippen molar-refractivity contribution in [3.8, 4) is 11.1 Å². The molecule has 0 aliphatic heterocycles. The molecule has 30 heavy (non-hydrogen) atoms. The van der Waals surface area contributed by atoms with E-state index in [1.807, 2.05) is 0 Å². The van der Waals surface area contributed by atoms with Crippen LogP contribution >= 0.6 is 0 Å². The topological polar surface area (TPSA) is 72.0 Å². The summed E-state index contributed by atoms with van der Waals surface area (Å²) in [4.78, 5) is 32.7. The lowest BCUT2D eigenvalue weighted by atomic mass is 10.00. The number of rotatable bonds is 5. The Hall–Kier alpha value is -3.55. The molecule has 0 radical (unpaired) electrons. The van der Waals surface area contributed by atoms with Crippen molar-refractivity contribution in [1.82, 2.24) is 15.3 Å². The van der Waals surface area contributed by atoms with E-state index in [-0.39, 0.29) is 17.6 Å². The van der Waals surface area contributed by atoms with Crippen molar-refractivity contribution in [2.24, 2.45) is 0 Å². The number of ketones is 1. The molecule has 152 valence electrons. The second kappa shape index (κ2) is 7.70. The fourth-order valence-corrected chi connectivity index (χ4v) is 2.95. The molecule has 1 N–H and O–H groups in total. The van der Waals surface area contributed by atoms with E-state index in [0.29, 0.717) is 16.8 Å². The highest BCUT2D eigenvalue weighted by molar-refractivity contribution is 6.08. The van der Waals surface area contributed by atoms with Gasteiger partial charge >= 0.3 is 6.18 Å². The maximum Gasteiger partial charge on any atom is 0.417 e. The maximum absolute atomic E-state index is 13.2. The molecule has 1 amide bonds. The number of aromatic nitrogens is 2. The molecule has 0 spiro atoms. The lowest BCUT2D eigenvalue weighted by Gasteiger charge is -2.11. The van der Waals surface area contributed by atoms with Crippen LogP contribution in [0, 0.1) is 0 Å². The number of hydrogen-bond acceptors (Lipinski definition) is 4. The molecule has 1 aliphatic rings. The van der Waals surface area contributed by atoms with Gasteiger partial charge in [0.15, 0.2) is 0 Å². The molecule has 1 fully saturated rings. The number of carbonyl (C=O) groups excluding carboxylic acids is 2. The number of halogens is 3. The number of nitrogens with one attached hydrogen (secondary N) is 1. The van der Waals surface area contributed by atoms with E-state index in [9.17, 15) is 22.8 Å². The van der Waals surface area contributed by atoms with Gasteiger partial charge < -0.3 is 5.32 Å². The number of pyridine rings is 2. The molecule has 3 aromatic rings. The first kappa shape index (κ1) is 19.8. The Bertz CT molecular complexity index is 1090. The highest BCUT2D eigenvalue weighted by Crippen LogP contribution is 2.32. The van der Waals surface area contributed by atoms with Crippen molar-refractivity contribution in [3.63, 3.8) is 0 Å². The monoisotopic (exact) mass is 411 g/mol. The van der Waals surface area contributed by atoms with Crippen molar-refractivity contribution >= 4 is 11.7 Å². The first-order chi connectivity index (χ1) is 14.3. The summed E-state index contributed by atoms with van der Waals surface area (Å²) in [6, 6.07) is 11.1. The van der Waals surface area contributed by atoms with Gasteiger partial charge in [-0.2, -0.15) is 13.2 Å². The van der Waals surface area contributed by atoms with Gasteiger partial charge in [-0.25, -0.2) is 0 Å². The first-order valence-electron chi connectivity index (χ1n) is 9.27. The lowest BCUT2D eigenvalue weighted by molar-refractivity contribution is -0.137. The molecule has 1 aromatic carbocycles. The van der Waals surface area contributed by atoms with E-state index < -0.39 is 23.1 Å². The van der Waals surface area contributed by atoms with Crippen LogP contribution in [-0.4, -0.2) is 27.7 Å². The van der Waals surface area contributed by atoms with Crippen LogP contribution in [0.1, 0.15) is 44.9 Å². The van der Waals surface area contributed by atoms with E-state index in [1.54, 1.807) is 18.2 Å². The van der Waals surface area contributed by atoms with Crippen molar-refractivity contribution in [2.75, 3.05) is 0 Å². The lowest BCUT2D eigenvalue weighted by Crippen LogP contribution is -2.26. The molecule has 0 unspecified atom stereocenters. The summed E-state index contributed by atoms with van der Waals surface area (Å²) in [5, 5.41) is 2.85. The Morgan fingerprint density at radius 2 is 1.47 bits per heavy atom. The molecule has 0 bridgehead atoms. The van der Waals surface area contributed by atoms with Crippen molar-refractivity contribution in [1.29, 1.82) is 0 Å². The van der Waals surface area contributed by atoms with Crippen LogP contribution in [0.3, 0.4) is 0 Å². The van der Waals surface area contributed by atoms with Gasteiger partial charge in [-0.15, -0.1) is 0 Å². The van der Waals surface area contributed by atoms with Crippen LogP contribution in [0.5, 0.6) is 0 Å². The molecular weight excluding hydrogens is 395 g/mol. The predicted molar refractivity (Wildman–Crippen MR) is 103 cm³/mol. The predicted octanol–water partition coefficient (Wildman–Crippen LogP) is 4.29. The van der Waals surface area contributed by atoms with E-state index >= 15 is 0 Å². The summed E-state index contributed by atoms with van der Waals surface area (Å²) in [6.45, 7) is 0. The highest BCUT2D eigenvalue weighted by atomic mass is 19.4. The zero-order chi connectivity index (χ0) is 21.3. The van der Waals surface area contributed by atoms with Gasteiger partial charge in [-0.3, -0.25) is 19.6 Å². The quantitative estimate of drug-likeness (QED) is 0.636. The van der Waals surface area contributed by atoms with Gasteiger partial charge in [0.1, 0.15) is 11.4 Å². The minimum atomic E-state index is -4.63. The van der Waals surface area contributed by atoms with Gasteiger partial charge in [0, 0.05) is 35.1 Å². The zero-order valence-electron chi connectivity index (χ0n) is 15.6. The molecule has 8 heteroatoms. The Morgan fingerprint density at radius 1 is 0.867 bits per heavy atom. The summed E-state index contributed by atoms with van der Waals surface area (Å²) in [6.07, 6.45) is 0.233. The van der Waals surface area contributed by atoms with Crippen LogP contribution < -0.4 is 5.32 Å². The molecule has 0 saturated heterocycles. The SMILES string of the molecule is O=C(NC1CC1)c1ccc(-c2ccc(C(=O)c3ccccc3C(F)(F)F)nc2)cn1. The van der Waals surface area contributed by atoms with Gasteiger partial charge in [0.25, 0.3) is 5.91 Å². The minimum Gasteiger partial charge on any atom is -0.348 e. The summed E-state index contributed by atoms with van der Waals surface area (Å²) < 4.78 is 39.5. The summed E-state index contributed by atoms with van der Waals surface area (Å²) in [5.74, 6) is -1.04. The van der Waals surface area contributed by atoms with Gasteiger partial charge in [0.05, 0.1) is 5.56 Å². The second-order valence-corrected chi connectivity index (χ2v) is 6.98. The Kier molecular flexibility index (Phi) is 5.07. The average molecular weight is 411 g/mol. The average Bonchev–Trinajstić information content (AvgIpc) is 3.57. The molecule has 2 heterocycles. The minimum absolute atomic E-state index is 0.0937. The smallest absolute Gasteiger partial charge is 0.348 e. The van der Waals surface area contributed by atoms with E-state index in [0.717, 1.165) is 25.0 Å². The molecule has 5 nitrogen and oxygen atoms in total. The first-order valence-corrected chi connectivity index (χ1v) is 9.27. The summed E-state index contributed by atoms with van der Waals surface area (Å²) in [7, 11) is 0. The van der Waals surface area contributed by atoms with E-state index in [1.165, 1.54) is 30.6 Å². The third kappa shape index (κ3) is 4.22. The Labute approximate surface area is 170 Å². The largest absolute Gasteiger partial charge is 0.417 e. The highest BCUT2D eigenvalue weighted by Gasteiger charge is 2.35. The van der Waals surface area contributed by atoms with Crippen molar-refractivity contribution in [3.05, 3.63) is 83.4 Å². The molecule has 0 atom stereocenters. The molecule has 4 rings (SSSR count). The van der Waals surface area contributed by atoms with Crippen LogP contribution in [0.25, 0.3) is 11.1 Å². The van der Waals surface area contributed by atoms with E-state index in [2.05, 4.69) is 15.3 Å². The second-order valence-electron chi connectivity index (χ2n) is 6.98. The third-order valence-corrected chi connectivity index (χ3v) is 4.72. The fraction of sp³-hybridized carbons (Fsp3) is 0.182. The number of carbonyl (C=O) groups is 2. The fourth-order valence-electron chi connectivity index (χ4n) is 2.95. The molecule has 1 aliphatic carbocycles. The number of amides is 1. The van der Waals surface area contributed by atoms with Crippen LogP contribution in [0.15, 0.2) is 60.9 Å². The number of hydrogen-bond donors (Lipinski definition) is 1. The summed E-state index contributed by atoms with van der Waals surface area (Å²) >= 11 is 0. The number of nitrogens with zero attached hydrogens (tertiary/aromatic N) is 2. The number of benzene rings is 1. The zero-order valence-corrected chi connectivity index (χ0v) is 15.6. The van der Waals surface area contributed by atoms with Crippen LogP contribution in [0.2, 0.25) is 0 Å². The normalized spacial score (nSPS) is 13.7. The Balaban J connectivity index is 1.53. The molecule has 2 aromatic heterocycles. The standard InChI is InChI=1S/C22H16F3N3O2/c23-22(24,25)17-4-2-1-3-16(17)20(29)18-9-5-13(11-26-18)14-6-10-19(27-12-14)21(30)28-15-7-8-15/h1-6,9-12,15H,7-8H2,(H,28,30). The van der Waals surface area contributed by atoms with Gasteiger partial charge in [0.2, 0.25) is 5.78 Å². The van der Waals surface area contributed by atoms with Crippen molar-refractivity contribution < 1.29 is 22.8 Å². The van der Waals surface area contributed by atoms with Gasteiger partial charge in [-0.05, 0) is 31.0 Å².